The van der Waals surface area contributed by atoms with Gasteiger partial charge in [0.1, 0.15) is 11.0 Å². The zero-order valence-electron chi connectivity index (χ0n) is 8.53. The van der Waals surface area contributed by atoms with E-state index < -0.39 is 0 Å². The van der Waals surface area contributed by atoms with Crippen LogP contribution in [0.25, 0.3) is 0 Å². The van der Waals surface area contributed by atoms with Crippen molar-refractivity contribution in [1.29, 1.82) is 0 Å². The van der Waals surface area contributed by atoms with Crippen LogP contribution < -0.4 is 5.73 Å². The average Bonchev–Trinajstić information content (AvgIpc) is 2.43. The molecule has 1 rings (SSSR count). The molecule has 3 nitrogen and oxygen atoms in total. The third-order valence-electron chi connectivity index (χ3n) is 1.98. The van der Waals surface area contributed by atoms with E-state index in [1.807, 2.05) is 30.3 Å². The third-order valence-corrected chi connectivity index (χ3v) is 3.31. The first-order valence-electron chi connectivity index (χ1n) is 4.60. The van der Waals surface area contributed by atoms with Gasteiger partial charge in [0.15, 0.2) is 0 Å². The molecular formula is C9H16ClN3S. The molecule has 1 unspecified atom stereocenters. The smallest absolute Gasteiger partial charge is 0.128 e. The highest BCUT2D eigenvalue weighted by Gasteiger charge is 2.04. The normalized spacial score (nSPS) is 13.1. The Bertz CT molecular complexity index is 286. The maximum atomic E-state index is 5.86. The molecule has 0 aliphatic heterocycles. The lowest BCUT2D eigenvalue weighted by Crippen LogP contribution is -2.15. The maximum Gasteiger partial charge on any atom is 0.128 e. The van der Waals surface area contributed by atoms with E-state index in [4.69, 9.17) is 17.3 Å². The third kappa shape index (κ3) is 3.52. The molecular weight excluding hydrogens is 218 g/mol. The van der Waals surface area contributed by atoms with Gasteiger partial charge < -0.3 is 10.3 Å². The molecule has 1 atom stereocenters. The number of nitrogens with zero attached hydrogens (tertiary/aromatic N) is 2. The Morgan fingerprint density at radius 2 is 2.43 bits per heavy atom. The predicted octanol–water partition coefficient (Wildman–Crippen LogP) is 2.04. The molecule has 0 amide bonds. The molecule has 0 aliphatic rings. The molecule has 80 valence electrons. The molecule has 2 N–H and O–H groups in total. The van der Waals surface area contributed by atoms with Crippen LogP contribution in [0, 0.1) is 0 Å². The Morgan fingerprint density at radius 1 is 1.71 bits per heavy atom. The highest BCUT2D eigenvalue weighted by atomic mass is 35.5. The van der Waals surface area contributed by atoms with Crippen molar-refractivity contribution in [2.45, 2.75) is 25.1 Å². The number of imidazole rings is 1. The van der Waals surface area contributed by atoms with Crippen molar-refractivity contribution < 1.29 is 0 Å². The number of nitrogens with two attached hydrogens (primary N) is 1. The van der Waals surface area contributed by atoms with E-state index in [1.54, 1.807) is 6.20 Å². The zero-order valence-corrected chi connectivity index (χ0v) is 10.1. The summed E-state index contributed by atoms with van der Waals surface area (Å²) in [6, 6.07) is 0.285. The highest BCUT2D eigenvalue weighted by molar-refractivity contribution is 7.98. The van der Waals surface area contributed by atoms with Crippen LogP contribution in [-0.4, -0.2) is 21.3 Å². The Kier molecular flexibility index (Phi) is 4.78. The number of hydrogen-bond donors (Lipinski definition) is 1. The van der Waals surface area contributed by atoms with Gasteiger partial charge in [-0.05, 0) is 19.1 Å². The largest absolute Gasteiger partial charge is 0.328 e. The van der Waals surface area contributed by atoms with Crippen molar-refractivity contribution in [3.63, 3.8) is 0 Å². The Labute approximate surface area is 94.0 Å². The zero-order chi connectivity index (χ0) is 10.6. The summed E-state index contributed by atoms with van der Waals surface area (Å²) < 4.78 is 1.90. The predicted molar refractivity (Wildman–Crippen MR) is 62.6 cm³/mol. The monoisotopic (exact) mass is 233 g/mol. The summed E-state index contributed by atoms with van der Waals surface area (Å²) in [5.74, 6) is 2.99. The number of aromatic nitrogens is 2. The van der Waals surface area contributed by atoms with Crippen molar-refractivity contribution in [2.75, 3.05) is 5.75 Å². The summed E-state index contributed by atoms with van der Waals surface area (Å²) in [7, 11) is 1.93. The van der Waals surface area contributed by atoms with Gasteiger partial charge in [-0.25, -0.2) is 4.98 Å². The van der Waals surface area contributed by atoms with Crippen LogP contribution in [0.5, 0.6) is 0 Å². The quantitative estimate of drug-likeness (QED) is 0.792. The second-order valence-corrected chi connectivity index (χ2v) is 4.87. The first-order valence-corrected chi connectivity index (χ1v) is 6.14. The molecule has 0 saturated carbocycles. The summed E-state index contributed by atoms with van der Waals surface area (Å²) in [6.45, 7) is 2.03. The SMILES string of the molecule is CC(N)CCSCc1ncc(Cl)n1C. The number of hydrogen-bond acceptors (Lipinski definition) is 3. The van der Waals surface area contributed by atoms with E-state index in [0.29, 0.717) is 5.15 Å². The van der Waals surface area contributed by atoms with Crippen molar-refractivity contribution in [3.8, 4) is 0 Å². The summed E-state index contributed by atoms with van der Waals surface area (Å²) >= 11 is 7.70. The molecule has 1 heterocycles. The molecule has 5 heteroatoms. The lowest BCUT2D eigenvalue weighted by molar-refractivity contribution is 0.721. The van der Waals surface area contributed by atoms with Gasteiger partial charge in [-0.3, -0.25) is 0 Å². The highest BCUT2D eigenvalue weighted by Crippen LogP contribution is 2.15. The molecule has 0 aromatic carbocycles. The minimum atomic E-state index is 0.285. The van der Waals surface area contributed by atoms with Crippen molar-refractivity contribution in [3.05, 3.63) is 17.2 Å². The summed E-state index contributed by atoms with van der Waals surface area (Å²) in [4.78, 5) is 4.21. The van der Waals surface area contributed by atoms with Crippen LogP contribution in [-0.2, 0) is 12.8 Å². The topological polar surface area (TPSA) is 43.8 Å². The van der Waals surface area contributed by atoms with Gasteiger partial charge in [0.05, 0.1) is 11.9 Å². The van der Waals surface area contributed by atoms with E-state index in [2.05, 4.69) is 4.98 Å². The van der Waals surface area contributed by atoms with Crippen LogP contribution in [0.4, 0.5) is 0 Å². The van der Waals surface area contributed by atoms with Gasteiger partial charge in [-0.1, -0.05) is 11.6 Å². The standard InChI is InChI=1S/C9H16ClN3S/c1-7(11)3-4-14-6-9-12-5-8(10)13(9)2/h5,7H,3-4,6,11H2,1-2H3. The second-order valence-electron chi connectivity index (χ2n) is 3.37. The molecule has 14 heavy (non-hydrogen) atoms. The average molecular weight is 234 g/mol. The Hall–Kier alpha value is -0.190. The van der Waals surface area contributed by atoms with E-state index >= 15 is 0 Å². The van der Waals surface area contributed by atoms with E-state index in [0.717, 1.165) is 23.8 Å². The molecule has 0 aliphatic carbocycles. The van der Waals surface area contributed by atoms with Gasteiger partial charge >= 0.3 is 0 Å². The number of rotatable bonds is 5. The van der Waals surface area contributed by atoms with E-state index in [1.165, 1.54) is 0 Å². The minimum Gasteiger partial charge on any atom is -0.328 e. The first kappa shape index (κ1) is 11.9. The Morgan fingerprint density at radius 3 is 2.93 bits per heavy atom. The van der Waals surface area contributed by atoms with Crippen molar-refractivity contribution in [1.82, 2.24) is 9.55 Å². The lowest BCUT2D eigenvalue weighted by atomic mass is 10.3. The molecule has 1 aromatic rings. The summed E-state index contributed by atoms with van der Waals surface area (Å²) in [5.41, 5.74) is 5.65. The van der Waals surface area contributed by atoms with Gasteiger partial charge in [-0.2, -0.15) is 11.8 Å². The van der Waals surface area contributed by atoms with Gasteiger partial charge in [0, 0.05) is 13.1 Å². The van der Waals surface area contributed by atoms with E-state index in [9.17, 15) is 0 Å². The van der Waals surface area contributed by atoms with Crippen LogP contribution in [0.1, 0.15) is 19.2 Å². The molecule has 0 saturated heterocycles. The number of halogens is 1. The summed E-state index contributed by atoms with van der Waals surface area (Å²) in [5, 5.41) is 0.688. The molecule has 1 aromatic heterocycles. The molecule has 0 radical (unpaired) electrons. The van der Waals surface area contributed by atoms with Crippen LogP contribution >= 0.6 is 23.4 Å². The molecule has 0 bridgehead atoms. The second kappa shape index (κ2) is 5.63. The van der Waals surface area contributed by atoms with Crippen molar-refractivity contribution in [2.24, 2.45) is 12.8 Å². The van der Waals surface area contributed by atoms with E-state index in [-0.39, 0.29) is 6.04 Å². The van der Waals surface area contributed by atoms with Gasteiger partial charge in [-0.15, -0.1) is 0 Å². The van der Waals surface area contributed by atoms with Crippen LogP contribution in [0.3, 0.4) is 0 Å². The van der Waals surface area contributed by atoms with Crippen LogP contribution in [0.2, 0.25) is 5.15 Å². The van der Waals surface area contributed by atoms with Crippen molar-refractivity contribution >= 4 is 23.4 Å². The summed E-state index contributed by atoms with van der Waals surface area (Å²) in [6.07, 6.45) is 2.73. The molecule has 0 fully saturated rings. The fourth-order valence-corrected chi connectivity index (χ4v) is 2.27. The van der Waals surface area contributed by atoms with Gasteiger partial charge in [0.25, 0.3) is 0 Å². The first-order chi connectivity index (χ1) is 6.61. The fourth-order valence-electron chi connectivity index (χ4n) is 0.991. The fraction of sp³-hybridized carbons (Fsp3) is 0.667. The molecule has 0 spiro atoms. The lowest BCUT2D eigenvalue weighted by Gasteiger charge is -2.04. The van der Waals surface area contributed by atoms with Gasteiger partial charge in [0.2, 0.25) is 0 Å². The minimum absolute atomic E-state index is 0.285. The Balaban J connectivity index is 2.28. The van der Waals surface area contributed by atoms with Crippen LogP contribution in [0.15, 0.2) is 6.20 Å². The maximum absolute atomic E-state index is 5.86. The number of thioether (sulfide) groups is 1.